The van der Waals surface area contributed by atoms with Crippen molar-refractivity contribution in [3.05, 3.63) is 60.5 Å². The summed E-state index contributed by atoms with van der Waals surface area (Å²) in [7, 11) is 0. The number of hydrogen-bond donors (Lipinski definition) is 0. The predicted molar refractivity (Wildman–Crippen MR) is 69.9 cm³/mol. The lowest BCUT2D eigenvalue weighted by Gasteiger charge is -1.95. The molecule has 3 aromatic rings. The summed E-state index contributed by atoms with van der Waals surface area (Å²) in [6, 6.07) is 14.9. The van der Waals surface area contributed by atoms with Crippen LogP contribution in [0.4, 0.5) is 0 Å². The molecule has 0 aliphatic heterocycles. The molecule has 19 heavy (non-hydrogen) atoms. The summed E-state index contributed by atoms with van der Waals surface area (Å²) in [6.07, 6.45) is 3.27. The van der Waals surface area contributed by atoms with Crippen molar-refractivity contribution in [2.45, 2.75) is 0 Å². The van der Waals surface area contributed by atoms with Gasteiger partial charge in [0.1, 0.15) is 12.0 Å². The molecule has 0 fully saturated rings. The maximum absolute atomic E-state index is 8.88. The normalized spacial score (nSPS) is 10.1. The van der Waals surface area contributed by atoms with Gasteiger partial charge in [-0.05, 0) is 30.3 Å². The van der Waals surface area contributed by atoms with Crippen LogP contribution < -0.4 is 0 Å². The first-order valence-electron chi connectivity index (χ1n) is 5.74. The van der Waals surface area contributed by atoms with Gasteiger partial charge in [-0.15, -0.1) is 0 Å². The largest absolute Gasteiger partial charge is 0.444 e. The molecular formula is C15H9N3O. The zero-order chi connectivity index (χ0) is 13.1. The van der Waals surface area contributed by atoms with Crippen LogP contribution in [0.25, 0.3) is 22.8 Å². The van der Waals surface area contributed by atoms with Crippen LogP contribution in [-0.4, -0.2) is 9.97 Å². The number of benzene rings is 1. The molecule has 0 saturated heterocycles. The van der Waals surface area contributed by atoms with Crippen molar-refractivity contribution in [3.8, 4) is 28.9 Å². The van der Waals surface area contributed by atoms with Crippen LogP contribution in [0.2, 0.25) is 0 Å². The molecule has 0 N–H and O–H groups in total. The van der Waals surface area contributed by atoms with E-state index in [0.29, 0.717) is 17.1 Å². The maximum atomic E-state index is 8.88. The molecule has 1 aromatic carbocycles. The number of nitriles is 1. The summed E-state index contributed by atoms with van der Waals surface area (Å²) < 4.78 is 5.44. The Morgan fingerprint density at radius 2 is 2.00 bits per heavy atom. The smallest absolute Gasteiger partial charge is 0.226 e. The Morgan fingerprint density at radius 3 is 2.79 bits per heavy atom. The van der Waals surface area contributed by atoms with Gasteiger partial charge in [-0.2, -0.15) is 5.26 Å². The second kappa shape index (κ2) is 4.75. The lowest BCUT2D eigenvalue weighted by Crippen LogP contribution is -1.83. The summed E-state index contributed by atoms with van der Waals surface area (Å²) in [4.78, 5) is 8.60. The van der Waals surface area contributed by atoms with Gasteiger partial charge in [-0.25, -0.2) is 4.98 Å². The molecule has 0 amide bonds. The van der Waals surface area contributed by atoms with E-state index < -0.39 is 0 Å². The van der Waals surface area contributed by atoms with Gasteiger partial charge in [0.2, 0.25) is 5.89 Å². The number of oxazole rings is 1. The molecule has 0 bridgehead atoms. The van der Waals surface area contributed by atoms with Gasteiger partial charge < -0.3 is 4.42 Å². The van der Waals surface area contributed by atoms with Crippen LogP contribution in [0.3, 0.4) is 0 Å². The summed E-state index contributed by atoms with van der Waals surface area (Å²) >= 11 is 0. The predicted octanol–water partition coefficient (Wildman–Crippen LogP) is 3.28. The van der Waals surface area contributed by atoms with Gasteiger partial charge in [-0.3, -0.25) is 4.98 Å². The third kappa shape index (κ3) is 2.22. The minimum Gasteiger partial charge on any atom is -0.444 e. The Morgan fingerprint density at radius 1 is 1.05 bits per heavy atom. The van der Waals surface area contributed by atoms with E-state index in [0.717, 1.165) is 11.3 Å². The molecule has 2 heterocycles. The summed E-state index contributed by atoms with van der Waals surface area (Å²) in [5.74, 6) is 0.484. The van der Waals surface area contributed by atoms with Crippen molar-refractivity contribution in [1.82, 2.24) is 9.97 Å². The standard InChI is InChI=1S/C15H9N3O/c16-9-11-4-3-5-12(8-11)15-18-14(10-19-15)13-6-1-2-7-17-13/h1-8,10H. The molecule has 90 valence electrons. The second-order valence-corrected chi connectivity index (χ2v) is 3.95. The molecule has 4 nitrogen and oxygen atoms in total. The van der Waals surface area contributed by atoms with Crippen molar-refractivity contribution in [2.24, 2.45) is 0 Å². The molecule has 0 spiro atoms. The van der Waals surface area contributed by atoms with Gasteiger partial charge in [-0.1, -0.05) is 12.1 Å². The van der Waals surface area contributed by atoms with Crippen LogP contribution in [0.5, 0.6) is 0 Å². The maximum Gasteiger partial charge on any atom is 0.226 e. The van der Waals surface area contributed by atoms with E-state index >= 15 is 0 Å². The first-order chi connectivity index (χ1) is 9.36. The van der Waals surface area contributed by atoms with Gasteiger partial charge in [0.15, 0.2) is 0 Å². The highest BCUT2D eigenvalue weighted by Crippen LogP contribution is 2.23. The van der Waals surface area contributed by atoms with Crippen LogP contribution in [0, 0.1) is 11.3 Å². The third-order valence-corrected chi connectivity index (χ3v) is 2.67. The Hall–Kier alpha value is -2.93. The van der Waals surface area contributed by atoms with E-state index in [1.807, 2.05) is 24.3 Å². The third-order valence-electron chi connectivity index (χ3n) is 2.67. The lowest BCUT2D eigenvalue weighted by molar-refractivity contribution is 0.575. The molecular weight excluding hydrogens is 238 g/mol. The Kier molecular flexibility index (Phi) is 2.79. The zero-order valence-corrected chi connectivity index (χ0v) is 9.95. The van der Waals surface area contributed by atoms with Crippen molar-refractivity contribution in [2.75, 3.05) is 0 Å². The van der Waals surface area contributed by atoms with Crippen molar-refractivity contribution in [3.63, 3.8) is 0 Å². The number of nitrogens with zero attached hydrogens (tertiary/aromatic N) is 3. The van der Waals surface area contributed by atoms with Gasteiger partial charge in [0, 0.05) is 11.8 Å². The molecule has 0 unspecified atom stereocenters. The molecule has 4 heteroatoms. The molecule has 2 aromatic heterocycles. The molecule has 3 rings (SSSR count). The number of pyridine rings is 1. The minimum absolute atomic E-state index is 0.484. The van der Waals surface area contributed by atoms with Crippen LogP contribution >= 0.6 is 0 Å². The molecule has 0 radical (unpaired) electrons. The van der Waals surface area contributed by atoms with E-state index in [-0.39, 0.29) is 0 Å². The van der Waals surface area contributed by atoms with E-state index in [2.05, 4.69) is 16.0 Å². The highest BCUT2D eigenvalue weighted by molar-refractivity contribution is 5.61. The van der Waals surface area contributed by atoms with E-state index in [1.165, 1.54) is 0 Å². The quantitative estimate of drug-likeness (QED) is 0.697. The van der Waals surface area contributed by atoms with Gasteiger partial charge in [0.25, 0.3) is 0 Å². The topological polar surface area (TPSA) is 62.7 Å². The Balaban J connectivity index is 2.00. The number of hydrogen-bond acceptors (Lipinski definition) is 4. The van der Waals surface area contributed by atoms with Crippen molar-refractivity contribution < 1.29 is 4.42 Å². The van der Waals surface area contributed by atoms with Crippen molar-refractivity contribution >= 4 is 0 Å². The lowest BCUT2D eigenvalue weighted by atomic mass is 10.1. The molecule has 0 saturated carbocycles. The SMILES string of the molecule is N#Cc1cccc(-c2nc(-c3ccccn3)co2)c1. The average molecular weight is 247 g/mol. The highest BCUT2D eigenvalue weighted by Gasteiger charge is 2.09. The first-order valence-corrected chi connectivity index (χ1v) is 5.74. The fraction of sp³-hybridized carbons (Fsp3) is 0. The van der Waals surface area contributed by atoms with E-state index in [1.54, 1.807) is 30.7 Å². The Labute approximate surface area is 110 Å². The van der Waals surface area contributed by atoms with E-state index in [4.69, 9.17) is 9.68 Å². The highest BCUT2D eigenvalue weighted by atomic mass is 16.3. The average Bonchev–Trinajstić information content (AvgIpc) is 2.98. The second-order valence-electron chi connectivity index (χ2n) is 3.95. The molecule has 0 atom stereocenters. The summed E-state index contributed by atoms with van der Waals surface area (Å²) in [5.41, 5.74) is 2.79. The summed E-state index contributed by atoms with van der Waals surface area (Å²) in [6.45, 7) is 0. The monoisotopic (exact) mass is 247 g/mol. The van der Waals surface area contributed by atoms with Crippen LogP contribution in [0.1, 0.15) is 5.56 Å². The fourth-order valence-corrected chi connectivity index (χ4v) is 1.76. The summed E-state index contributed by atoms with van der Waals surface area (Å²) in [5, 5.41) is 8.88. The van der Waals surface area contributed by atoms with Crippen molar-refractivity contribution in [1.29, 1.82) is 5.26 Å². The van der Waals surface area contributed by atoms with Crippen LogP contribution in [-0.2, 0) is 0 Å². The van der Waals surface area contributed by atoms with E-state index in [9.17, 15) is 0 Å². The Bertz CT molecular complexity index is 741. The first kappa shape index (κ1) is 11.2. The number of rotatable bonds is 2. The zero-order valence-electron chi connectivity index (χ0n) is 9.95. The van der Waals surface area contributed by atoms with Crippen LogP contribution in [0.15, 0.2) is 59.3 Å². The fourth-order valence-electron chi connectivity index (χ4n) is 1.76. The van der Waals surface area contributed by atoms with Gasteiger partial charge >= 0.3 is 0 Å². The molecule has 0 aliphatic carbocycles. The minimum atomic E-state index is 0.484. The number of aromatic nitrogens is 2. The van der Waals surface area contributed by atoms with Gasteiger partial charge in [0.05, 0.1) is 17.3 Å². The molecule has 0 aliphatic rings.